The van der Waals surface area contributed by atoms with E-state index in [9.17, 15) is 4.79 Å². The van der Waals surface area contributed by atoms with Gasteiger partial charge in [-0.1, -0.05) is 19.0 Å². The number of aryl methyl sites for hydroxylation is 1. The summed E-state index contributed by atoms with van der Waals surface area (Å²) in [7, 11) is 0. The Labute approximate surface area is 118 Å². The Morgan fingerprint density at radius 3 is 2.85 bits per heavy atom. The molecule has 1 aliphatic heterocycles. The average Bonchev–Trinajstić information content (AvgIpc) is 3.04. The molecular formula is C13H22N4O3. The Balaban J connectivity index is 1.85. The van der Waals surface area contributed by atoms with E-state index in [2.05, 4.69) is 20.8 Å². The number of hydrogen-bond donors (Lipinski definition) is 2. The first-order valence-electron chi connectivity index (χ1n) is 7.02. The second kappa shape index (κ2) is 6.69. The molecule has 2 heterocycles. The van der Waals surface area contributed by atoms with E-state index in [4.69, 9.17) is 9.26 Å². The first kappa shape index (κ1) is 14.8. The zero-order chi connectivity index (χ0) is 14.5. The summed E-state index contributed by atoms with van der Waals surface area (Å²) in [6, 6.07) is -0.532. The Morgan fingerprint density at radius 1 is 1.50 bits per heavy atom. The molecule has 1 saturated heterocycles. The van der Waals surface area contributed by atoms with Crippen molar-refractivity contribution < 1.29 is 14.1 Å². The van der Waals surface area contributed by atoms with E-state index in [-0.39, 0.29) is 24.1 Å². The van der Waals surface area contributed by atoms with Gasteiger partial charge in [0.15, 0.2) is 5.82 Å². The van der Waals surface area contributed by atoms with Gasteiger partial charge in [-0.2, -0.15) is 4.98 Å². The lowest BCUT2D eigenvalue weighted by Crippen LogP contribution is -2.42. The molecule has 2 rings (SSSR count). The number of rotatable bonds is 5. The number of ether oxygens (including phenoxy) is 1. The van der Waals surface area contributed by atoms with Crippen molar-refractivity contribution in [3.8, 4) is 0 Å². The number of nitrogens with zero attached hydrogens (tertiary/aromatic N) is 2. The van der Waals surface area contributed by atoms with E-state index in [0.717, 1.165) is 19.4 Å². The largest absolute Gasteiger partial charge is 0.376 e. The van der Waals surface area contributed by atoms with E-state index in [0.29, 0.717) is 18.3 Å². The van der Waals surface area contributed by atoms with Crippen molar-refractivity contribution in [2.45, 2.75) is 45.8 Å². The summed E-state index contributed by atoms with van der Waals surface area (Å²) in [5.74, 6) is 1.15. The number of hydrogen-bond acceptors (Lipinski definition) is 5. The van der Waals surface area contributed by atoms with Crippen LogP contribution >= 0.6 is 0 Å². The van der Waals surface area contributed by atoms with Gasteiger partial charge in [0.05, 0.1) is 6.10 Å². The van der Waals surface area contributed by atoms with E-state index >= 15 is 0 Å². The van der Waals surface area contributed by atoms with Crippen LogP contribution in [0.5, 0.6) is 0 Å². The topological polar surface area (TPSA) is 89.3 Å². The minimum atomic E-state index is -0.291. The molecule has 7 nitrogen and oxygen atoms in total. The van der Waals surface area contributed by atoms with Crippen LogP contribution in [0.3, 0.4) is 0 Å². The van der Waals surface area contributed by atoms with Crippen LogP contribution in [0.2, 0.25) is 0 Å². The van der Waals surface area contributed by atoms with Crippen LogP contribution < -0.4 is 10.6 Å². The summed E-state index contributed by atoms with van der Waals surface area (Å²) in [4.78, 5) is 16.1. The van der Waals surface area contributed by atoms with Crippen molar-refractivity contribution in [2.24, 2.45) is 5.92 Å². The van der Waals surface area contributed by atoms with E-state index < -0.39 is 0 Å². The minimum Gasteiger partial charge on any atom is -0.376 e. The van der Waals surface area contributed by atoms with Crippen LogP contribution in [0.1, 0.15) is 44.4 Å². The molecule has 0 spiro atoms. The smallest absolute Gasteiger partial charge is 0.315 e. The summed E-state index contributed by atoms with van der Waals surface area (Å²) in [5.41, 5.74) is 0. The molecule has 2 atom stereocenters. The van der Waals surface area contributed by atoms with Crippen molar-refractivity contribution in [2.75, 3.05) is 13.2 Å². The third-order valence-electron chi connectivity index (χ3n) is 3.28. The highest BCUT2D eigenvalue weighted by Gasteiger charge is 2.24. The lowest BCUT2D eigenvalue weighted by molar-refractivity contribution is 0.111. The second-order valence-corrected chi connectivity index (χ2v) is 5.39. The Bertz CT molecular complexity index is 441. The van der Waals surface area contributed by atoms with Crippen molar-refractivity contribution >= 4 is 6.03 Å². The van der Waals surface area contributed by atoms with Gasteiger partial charge in [0.25, 0.3) is 0 Å². The highest BCUT2D eigenvalue weighted by Crippen LogP contribution is 2.19. The summed E-state index contributed by atoms with van der Waals surface area (Å²) in [6.07, 6.45) is 2.18. The molecule has 0 aromatic carbocycles. The number of aromatic nitrogens is 2. The summed E-state index contributed by atoms with van der Waals surface area (Å²) in [6.45, 7) is 7.04. The Kier molecular flexibility index (Phi) is 4.94. The number of carbonyl (C=O) groups is 1. The van der Waals surface area contributed by atoms with Gasteiger partial charge in [-0.15, -0.1) is 0 Å². The molecule has 0 unspecified atom stereocenters. The van der Waals surface area contributed by atoms with E-state index in [1.165, 1.54) is 0 Å². The van der Waals surface area contributed by atoms with Crippen LogP contribution in [0, 0.1) is 12.8 Å². The summed E-state index contributed by atoms with van der Waals surface area (Å²) < 4.78 is 10.6. The molecule has 0 aliphatic carbocycles. The van der Waals surface area contributed by atoms with Crippen LogP contribution in [0.25, 0.3) is 0 Å². The summed E-state index contributed by atoms with van der Waals surface area (Å²) >= 11 is 0. The number of urea groups is 1. The predicted molar refractivity (Wildman–Crippen MR) is 72.1 cm³/mol. The highest BCUT2D eigenvalue weighted by molar-refractivity contribution is 5.74. The molecule has 1 aromatic heterocycles. The van der Waals surface area contributed by atoms with Crippen molar-refractivity contribution in [1.29, 1.82) is 0 Å². The number of nitrogens with one attached hydrogen (secondary N) is 2. The van der Waals surface area contributed by atoms with Crippen molar-refractivity contribution in [3.05, 3.63) is 11.7 Å². The van der Waals surface area contributed by atoms with Crippen LogP contribution in [-0.2, 0) is 4.74 Å². The maximum Gasteiger partial charge on any atom is 0.315 e. The zero-order valence-electron chi connectivity index (χ0n) is 12.2. The zero-order valence-corrected chi connectivity index (χ0v) is 12.2. The molecule has 0 bridgehead atoms. The van der Waals surface area contributed by atoms with Gasteiger partial charge in [-0.05, 0) is 25.7 Å². The SMILES string of the molecule is Cc1noc([C@H](NC(=O)NC[C@@H]2CCCO2)C(C)C)n1. The third kappa shape index (κ3) is 3.93. The molecule has 0 radical (unpaired) electrons. The van der Waals surface area contributed by atoms with Crippen LogP contribution in [-0.4, -0.2) is 35.4 Å². The maximum absolute atomic E-state index is 11.9. The monoisotopic (exact) mass is 282 g/mol. The fourth-order valence-corrected chi connectivity index (χ4v) is 2.16. The molecular weight excluding hydrogens is 260 g/mol. The van der Waals surface area contributed by atoms with E-state index in [1.807, 2.05) is 13.8 Å². The van der Waals surface area contributed by atoms with Gasteiger partial charge in [0.1, 0.15) is 6.04 Å². The highest BCUT2D eigenvalue weighted by atomic mass is 16.5. The first-order valence-corrected chi connectivity index (χ1v) is 7.02. The Morgan fingerprint density at radius 2 is 2.30 bits per heavy atom. The minimum absolute atomic E-state index is 0.129. The molecule has 7 heteroatoms. The van der Waals surface area contributed by atoms with E-state index in [1.54, 1.807) is 6.92 Å². The standard InChI is InChI=1S/C13H22N4O3/c1-8(2)11(12-15-9(3)17-20-12)16-13(18)14-7-10-5-4-6-19-10/h8,10-11H,4-7H2,1-3H3,(H2,14,16,18)/t10-,11+/m0/s1. The van der Waals surface area contributed by atoms with Gasteiger partial charge in [0.2, 0.25) is 5.89 Å². The maximum atomic E-state index is 11.9. The number of amides is 2. The lowest BCUT2D eigenvalue weighted by Gasteiger charge is -2.19. The molecule has 1 aromatic rings. The van der Waals surface area contributed by atoms with Crippen LogP contribution in [0.4, 0.5) is 4.79 Å². The molecule has 1 aliphatic rings. The molecule has 112 valence electrons. The third-order valence-corrected chi connectivity index (χ3v) is 3.28. The Hall–Kier alpha value is -1.63. The molecule has 1 fully saturated rings. The van der Waals surface area contributed by atoms with Crippen LogP contribution in [0.15, 0.2) is 4.52 Å². The van der Waals surface area contributed by atoms with Crippen molar-refractivity contribution in [3.63, 3.8) is 0 Å². The number of carbonyl (C=O) groups excluding carboxylic acids is 1. The molecule has 2 amide bonds. The normalized spacial score (nSPS) is 20.1. The fourth-order valence-electron chi connectivity index (χ4n) is 2.16. The predicted octanol–water partition coefficient (Wildman–Crippen LogP) is 1.55. The molecule has 0 saturated carbocycles. The van der Waals surface area contributed by atoms with Gasteiger partial charge in [-0.25, -0.2) is 4.79 Å². The van der Waals surface area contributed by atoms with Gasteiger partial charge in [-0.3, -0.25) is 0 Å². The second-order valence-electron chi connectivity index (χ2n) is 5.39. The average molecular weight is 282 g/mol. The van der Waals surface area contributed by atoms with Crippen molar-refractivity contribution in [1.82, 2.24) is 20.8 Å². The summed E-state index contributed by atoms with van der Waals surface area (Å²) in [5, 5.41) is 9.45. The molecule has 2 N–H and O–H groups in total. The van der Waals surface area contributed by atoms with Gasteiger partial charge in [0, 0.05) is 13.2 Å². The first-order chi connectivity index (χ1) is 9.56. The quantitative estimate of drug-likeness (QED) is 0.855. The van der Waals surface area contributed by atoms with Gasteiger partial charge < -0.3 is 19.9 Å². The molecule has 20 heavy (non-hydrogen) atoms. The van der Waals surface area contributed by atoms with Gasteiger partial charge >= 0.3 is 6.03 Å². The fraction of sp³-hybridized carbons (Fsp3) is 0.769. The lowest BCUT2D eigenvalue weighted by atomic mass is 10.0.